The summed E-state index contributed by atoms with van der Waals surface area (Å²) in [6, 6.07) is 16.0. The Kier molecular flexibility index (Phi) is 8.62. The summed E-state index contributed by atoms with van der Waals surface area (Å²) in [5.41, 5.74) is 4.42. The number of alkyl halides is 3. The van der Waals surface area contributed by atoms with Crippen molar-refractivity contribution in [1.82, 2.24) is 10.8 Å². The number of hydroxylamine groups is 1. The Morgan fingerprint density at radius 3 is 2.26 bits per heavy atom. The molecule has 5 nitrogen and oxygen atoms in total. The number of hydrogen-bond donors (Lipinski definition) is 3. The summed E-state index contributed by atoms with van der Waals surface area (Å²) in [7, 11) is 0. The van der Waals surface area contributed by atoms with Crippen molar-refractivity contribution in [2.75, 3.05) is 6.54 Å². The van der Waals surface area contributed by atoms with E-state index in [1.807, 2.05) is 12.1 Å². The highest BCUT2D eigenvalue weighted by molar-refractivity contribution is 5.68. The molecule has 35 heavy (non-hydrogen) atoms. The van der Waals surface area contributed by atoms with Gasteiger partial charge in [-0.25, -0.2) is 4.39 Å². The number of hydrogen-bond acceptors (Lipinski definition) is 4. The second-order valence-corrected chi connectivity index (χ2v) is 7.77. The van der Waals surface area contributed by atoms with Gasteiger partial charge in [-0.05, 0) is 46.0 Å². The highest BCUT2D eigenvalue weighted by atomic mass is 19.4. The van der Waals surface area contributed by atoms with E-state index < -0.39 is 23.5 Å². The van der Waals surface area contributed by atoms with Crippen LogP contribution in [-0.4, -0.2) is 17.6 Å². The van der Waals surface area contributed by atoms with Crippen LogP contribution in [-0.2, 0) is 29.0 Å². The Morgan fingerprint density at radius 2 is 1.63 bits per heavy atom. The number of carbonyl (C=O) groups is 1. The molecule has 3 rings (SSSR count). The molecule has 0 saturated heterocycles. The van der Waals surface area contributed by atoms with Crippen LogP contribution in [0.1, 0.15) is 28.7 Å². The first-order valence-electron chi connectivity index (χ1n) is 10.7. The van der Waals surface area contributed by atoms with Gasteiger partial charge >= 0.3 is 12.1 Å². The molecular formula is C26H24F4N2O3. The van der Waals surface area contributed by atoms with Crippen LogP contribution < -0.4 is 10.8 Å². The number of rotatable bonds is 11. The smallest absolute Gasteiger partial charge is 0.417 e. The van der Waals surface area contributed by atoms with Gasteiger partial charge in [-0.3, -0.25) is 15.1 Å². The van der Waals surface area contributed by atoms with E-state index in [0.29, 0.717) is 24.4 Å². The number of carboxylic acids is 1. The molecule has 0 aliphatic rings. The molecule has 0 saturated carbocycles. The Bertz CT molecular complexity index is 1160. The van der Waals surface area contributed by atoms with Crippen LogP contribution in [0.15, 0.2) is 73.3 Å². The number of nitrogens with one attached hydrogen (secondary N) is 2. The SMILES string of the molecule is C=C(NOCc1ccc(-c2ccc(F)cc2)c(C(F)(F)F)c1)c1ccc(CNCCC(=O)O)cc1. The third kappa shape index (κ3) is 7.66. The number of halogens is 4. The molecule has 184 valence electrons. The van der Waals surface area contributed by atoms with Crippen molar-refractivity contribution in [2.24, 2.45) is 0 Å². The lowest BCUT2D eigenvalue weighted by Gasteiger charge is -2.16. The minimum Gasteiger partial charge on any atom is -0.481 e. The summed E-state index contributed by atoms with van der Waals surface area (Å²) in [5, 5.41) is 11.7. The van der Waals surface area contributed by atoms with E-state index in [4.69, 9.17) is 9.94 Å². The van der Waals surface area contributed by atoms with Gasteiger partial charge in [0.15, 0.2) is 0 Å². The van der Waals surface area contributed by atoms with Crippen LogP contribution in [0, 0.1) is 5.82 Å². The van der Waals surface area contributed by atoms with Gasteiger partial charge < -0.3 is 10.4 Å². The molecular weight excluding hydrogens is 464 g/mol. The van der Waals surface area contributed by atoms with Gasteiger partial charge in [0.25, 0.3) is 0 Å². The van der Waals surface area contributed by atoms with Gasteiger partial charge in [0.05, 0.1) is 24.3 Å². The Hall–Kier alpha value is -3.69. The van der Waals surface area contributed by atoms with Crippen molar-refractivity contribution in [2.45, 2.75) is 25.7 Å². The quantitative estimate of drug-likeness (QED) is 0.182. The van der Waals surface area contributed by atoms with Crippen molar-refractivity contribution >= 4 is 11.7 Å². The fourth-order valence-electron chi connectivity index (χ4n) is 3.31. The Balaban J connectivity index is 1.58. The van der Waals surface area contributed by atoms with E-state index in [9.17, 15) is 22.4 Å². The zero-order valence-corrected chi connectivity index (χ0v) is 18.7. The van der Waals surface area contributed by atoms with Crippen LogP contribution in [0.5, 0.6) is 0 Å². The van der Waals surface area contributed by atoms with Gasteiger partial charge in [-0.2, -0.15) is 13.2 Å². The van der Waals surface area contributed by atoms with Crippen LogP contribution in [0.25, 0.3) is 16.8 Å². The van der Waals surface area contributed by atoms with Crippen molar-refractivity contribution in [3.63, 3.8) is 0 Å². The molecule has 0 amide bonds. The van der Waals surface area contributed by atoms with Crippen LogP contribution in [0.2, 0.25) is 0 Å². The van der Waals surface area contributed by atoms with Crippen molar-refractivity contribution in [3.05, 3.63) is 101 Å². The first kappa shape index (κ1) is 25.9. The maximum absolute atomic E-state index is 13.7. The predicted octanol–water partition coefficient (Wildman–Crippen LogP) is 5.77. The predicted molar refractivity (Wildman–Crippen MR) is 124 cm³/mol. The highest BCUT2D eigenvalue weighted by Crippen LogP contribution is 2.37. The molecule has 0 aromatic heterocycles. The van der Waals surface area contributed by atoms with Gasteiger partial charge in [0.2, 0.25) is 0 Å². The zero-order valence-electron chi connectivity index (χ0n) is 18.7. The third-order valence-corrected chi connectivity index (χ3v) is 5.13. The van der Waals surface area contributed by atoms with Crippen LogP contribution in [0.4, 0.5) is 17.6 Å². The monoisotopic (exact) mass is 488 g/mol. The molecule has 3 aromatic rings. The van der Waals surface area contributed by atoms with Gasteiger partial charge in [0, 0.05) is 13.1 Å². The van der Waals surface area contributed by atoms with E-state index in [1.165, 1.54) is 24.3 Å². The Morgan fingerprint density at radius 1 is 0.971 bits per heavy atom. The normalized spacial score (nSPS) is 11.3. The molecule has 9 heteroatoms. The summed E-state index contributed by atoms with van der Waals surface area (Å²) < 4.78 is 54.1. The molecule has 0 aliphatic heterocycles. The van der Waals surface area contributed by atoms with E-state index in [2.05, 4.69) is 17.4 Å². The summed E-state index contributed by atoms with van der Waals surface area (Å²) in [4.78, 5) is 15.9. The summed E-state index contributed by atoms with van der Waals surface area (Å²) >= 11 is 0. The standard InChI is InChI=1S/C26H24F4N2O3/c1-17(20-5-2-18(3-6-20)15-31-13-12-25(33)34)32-35-16-19-4-11-23(24(14-19)26(28,29)30)21-7-9-22(27)10-8-21/h2-11,14,31-32H,1,12-13,15-16H2,(H,33,34). The molecule has 0 atom stereocenters. The second kappa shape index (κ2) is 11.6. The molecule has 0 aliphatic carbocycles. The van der Waals surface area contributed by atoms with Gasteiger partial charge in [-0.1, -0.05) is 55.1 Å². The molecule has 0 spiro atoms. The Labute approximate surface area is 200 Å². The molecule has 0 unspecified atom stereocenters. The number of benzene rings is 3. The maximum Gasteiger partial charge on any atom is 0.417 e. The van der Waals surface area contributed by atoms with Crippen LogP contribution >= 0.6 is 0 Å². The molecule has 0 bridgehead atoms. The molecule has 0 fully saturated rings. The lowest BCUT2D eigenvalue weighted by atomic mass is 9.97. The van der Waals surface area contributed by atoms with Crippen molar-refractivity contribution in [3.8, 4) is 11.1 Å². The van der Waals surface area contributed by atoms with E-state index in [1.54, 1.807) is 12.1 Å². The topological polar surface area (TPSA) is 70.6 Å². The van der Waals surface area contributed by atoms with Gasteiger partial charge in [0.1, 0.15) is 5.82 Å². The average molecular weight is 488 g/mol. The van der Waals surface area contributed by atoms with Crippen LogP contribution in [0.3, 0.4) is 0 Å². The van der Waals surface area contributed by atoms with Gasteiger partial charge in [-0.15, -0.1) is 0 Å². The summed E-state index contributed by atoms with van der Waals surface area (Å²) in [5.74, 6) is -1.39. The summed E-state index contributed by atoms with van der Waals surface area (Å²) in [6.07, 6.45) is -4.56. The second-order valence-electron chi connectivity index (χ2n) is 7.77. The molecule has 3 N–H and O–H groups in total. The lowest BCUT2D eigenvalue weighted by Crippen LogP contribution is -2.17. The number of aliphatic carboxylic acids is 1. The fourth-order valence-corrected chi connectivity index (χ4v) is 3.31. The van der Waals surface area contributed by atoms with Crippen molar-refractivity contribution < 1.29 is 32.3 Å². The first-order valence-corrected chi connectivity index (χ1v) is 10.7. The minimum absolute atomic E-state index is 0.0373. The van der Waals surface area contributed by atoms with E-state index in [0.717, 1.165) is 29.3 Å². The zero-order chi connectivity index (χ0) is 25.4. The van der Waals surface area contributed by atoms with E-state index >= 15 is 0 Å². The highest BCUT2D eigenvalue weighted by Gasteiger charge is 2.34. The third-order valence-electron chi connectivity index (χ3n) is 5.13. The number of carboxylic acid groups (broad SMARTS) is 1. The lowest BCUT2D eigenvalue weighted by molar-refractivity contribution is -0.138. The van der Waals surface area contributed by atoms with E-state index in [-0.39, 0.29) is 24.2 Å². The minimum atomic E-state index is -4.60. The average Bonchev–Trinajstić information content (AvgIpc) is 2.82. The molecule has 0 radical (unpaired) electrons. The first-order chi connectivity index (χ1) is 16.6. The molecule has 3 aromatic carbocycles. The largest absolute Gasteiger partial charge is 0.481 e. The van der Waals surface area contributed by atoms with Crippen molar-refractivity contribution in [1.29, 1.82) is 0 Å². The fraction of sp³-hybridized carbons (Fsp3) is 0.192. The summed E-state index contributed by atoms with van der Waals surface area (Å²) in [6.45, 7) is 4.60. The molecule has 0 heterocycles. The maximum atomic E-state index is 13.7.